The van der Waals surface area contributed by atoms with E-state index in [0.717, 1.165) is 16.0 Å². The fraction of sp³-hybridized carbons (Fsp3) is 0.333. The number of nitrogens with one attached hydrogen (secondary N) is 1. The summed E-state index contributed by atoms with van der Waals surface area (Å²) in [6, 6.07) is 4.52. The maximum atomic E-state index is 12.9. The molecule has 2 heterocycles. The third-order valence-corrected chi connectivity index (χ3v) is 5.79. The monoisotopic (exact) mass is 390 g/mol. The average Bonchev–Trinajstić information content (AvgIpc) is 2.89. The molecule has 0 saturated carbocycles. The summed E-state index contributed by atoms with van der Waals surface area (Å²) in [6.07, 6.45) is 0.410. The molecule has 1 unspecified atom stereocenters. The highest BCUT2D eigenvalue weighted by Crippen LogP contribution is 2.26. The van der Waals surface area contributed by atoms with Gasteiger partial charge in [-0.1, -0.05) is 29.8 Å². The number of fused-ring (bicyclic) bond motifs is 1. The number of anilines is 1. The molecule has 0 aliphatic rings. The molecule has 0 radical (unpaired) electrons. The Morgan fingerprint density at radius 2 is 2.08 bits per heavy atom. The molecule has 136 valence electrons. The van der Waals surface area contributed by atoms with Crippen LogP contribution < -0.4 is 10.9 Å². The third kappa shape index (κ3) is 3.24. The summed E-state index contributed by atoms with van der Waals surface area (Å²) < 4.78 is 1.18. The first-order chi connectivity index (χ1) is 12.3. The van der Waals surface area contributed by atoms with Gasteiger partial charge in [-0.2, -0.15) is 4.68 Å². The van der Waals surface area contributed by atoms with Crippen molar-refractivity contribution in [3.63, 3.8) is 0 Å². The highest BCUT2D eigenvalue weighted by Gasteiger charge is 2.24. The molecule has 3 aromatic rings. The minimum atomic E-state index is -0.752. The van der Waals surface area contributed by atoms with E-state index in [-0.39, 0.29) is 11.5 Å². The standard InChI is InChI=1S/C18H19ClN4O2S/c1-5-14(16(24)20-13-8-12(19)7-6-9(13)2)23-18(25)15-10(3)11(4)26-17(15)21-22-23/h6-8,14H,5H2,1-4H3,(H,20,24). The molecule has 3 rings (SSSR count). The second-order valence-corrected chi connectivity index (χ2v) is 7.81. The van der Waals surface area contributed by atoms with Crippen molar-refractivity contribution >= 4 is 44.7 Å². The van der Waals surface area contributed by atoms with Crippen LogP contribution in [0, 0.1) is 20.8 Å². The van der Waals surface area contributed by atoms with E-state index in [0.29, 0.717) is 27.3 Å². The molecule has 26 heavy (non-hydrogen) atoms. The van der Waals surface area contributed by atoms with Crippen molar-refractivity contribution in [3.05, 3.63) is 49.6 Å². The average molecular weight is 391 g/mol. The van der Waals surface area contributed by atoms with Gasteiger partial charge in [-0.3, -0.25) is 9.59 Å². The lowest BCUT2D eigenvalue weighted by Gasteiger charge is -2.17. The molecule has 1 amide bonds. The van der Waals surface area contributed by atoms with Crippen molar-refractivity contribution in [1.29, 1.82) is 0 Å². The van der Waals surface area contributed by atoms with Gasteiger partial charge in [0.2, 0.25) is 5.91 Å². The first-order valence-corrected chi connectivity index (χ1v) is 9.45. The smallest absolute Gasteiger partial charge is 0.279 e. The zero-order valence-electron chi connectivity index (χ0n) is 15.0. The van der Waals surface area contributed by atoms with Crippen molar-refractivity contribution < 1.29 is 4.79 Å². The van der Waals surface area contributed by atoms with E-state index in [1.54, 1.807) is 12.1 Å². The third-order valence-electron chi connectivity index (χ3n) is 4.46. The Balaban J connectivity index is 2.01. The number of carbonyl (C=O) groups excluding carboxylic acids is 1. The van der Waals surface area contributed by atoms with E-state index in [4.69, 9.17) is 11.6 Å². The van der Waals surface area contributed by atoms with Gasteiger partial charge in [0.25, 0.3) is 5.56 Å². The van der Waals surface area contributed by atoms with Gasteiger partial charge in [0, 0.05) is 15.6 Å². The number of aryl methyl sites for hydroxylation is 3. The predicted molar refractivity (Wildman–Crippen MR) is 105 cm³/mol. The molecule has 1 atom stereocenters. The zero-order chi connectivity index (χ0) is 19.0. The molecule has 0 spiro atoms. The Hall–Kier alpha value is -2.25. The fourth-order valence-corrected chi connectivity index (χ4v) is 3.93. The first-order valence-electron chi connectivity index (χ1n) is 8.25. The van der Waals surface area contributed by atoms with E-state index in [2.05, 4.69) is 15.6 Å². The molecule has 0 aliphatic heterocycles. The lowest BCUT2D eigenvalue weighted by molar-refractivity contribution is -0.119. The van der Waals surface area contributed by atoms with Crippen molar-refractivity contribution in [2.45, 2.75) is 40.2 Å². The largest absolute Gasteiger partial charge is 0.324 e. The van der Waals surface area contributed by atoms with Gasteiger partial charge in [-0.05, 0) is 50.5 Å². The Morgan fingerprint density at radius 3 is 2.77 bits per heavy atom. The van der Waals surface area contributed by atoms with E-state index >= 15 is 0 Å². The minimum Gasteiger partial charge on any atom is -0.324 e. The second-order valence-electron chi connectivity index (χ2n) is 6.18. The summed E-state index contributed by atoms with van der Waals surface area (Å²) in [5, 5.41) is 12.1. The number of hydrogen-bond acceptors (Lipinski definition) is 5. The molecule has 0 saturated heterocycles. The fourth-order valence-electron chi connectivity index (χ4n) is 2.79. The number of thiophene rings is 1. The quantitative estimate of drug-likeness (QED) is 0.729. The van der Waals surface area contributed by atoms with Crippen molar-refractivity contribution in [3.8, 4) is 0 Å². The number of halogens is 1. The molecule has 1 aromatic carbocycles. The maximum absolute atomic E-state index is 12.9. The number of nitrogens with zero attached hydrogens (tertiary/aromatic N) is 3. The lowest BCUT2D eigenvalue weighted by Crippen LogP contribution is -2.35. The molecule has 6 nitrogen and oxygen atoms in total. The van der Waals surface area contributed by atoms with Gasteiger partial charge >= 0.3 is 0 Å². The van der Waals surface area contributed by atoms with E-state index < -0.39 is 6.04 Å². The molecule has 0 fully saturated rings. The summed E-state index contributed by atoms with van der Waals surface area (Å²) in [5.74, 6) is -0.321. The maximum Gasteiger partial charge on any atom is 0.279 e. The highest BCUT2D eigenvalue weighted by atomic mass is 35.5. The molecule has 0 bridgehead atoms. The number of amides is 1. The van der Waals surface area contributed by atoms with Crippen LogP contribution in [0.1, 0.15) is 35.4 Å². The van der Waals surface area contributed by atoms with Crippen LogP contribution in [0.4, 0.5) is 5.69 Å². The van der Waals surface area contributed by atoms with E-state index in [9.17, 15) is 9.59 Å². The lowest BCUT2D eigenvalue weighted by atomic mass is 10.1. The van der Waals surface area contributed by atoms with Crippen LogP contribution in [-0.4, -0.2) is 20.9 Å². The predicted octanol–water partition coefficient (Wildman–Crippen LogP) is 4.02. The SMILES string of the molecule is CCC(C(=O)Nc1cc(Cl)ccc1C)n1nnc2sc(C)c(C)c2c1=O. The zero-order valence-corrected chi connectivity index (χ0v) is 16.5. The summed E-state index contributed by atoms with van der Waals surface area (Å²) in [7, 11) is 0. The Bertz CT molecular complexity index is 1060. The molecular weight excluding hydrogens is 372 g/mol. The summed E-state index contributed by atoms with van der Waals surface area (Å²) in [4.78, 5) is 27.3. The number of carbonyl (C=O) groups is 1. The first kappa shape index (κ1) is 18.5. The minimum absolute atomic E-state index is 0.290. The number of benzene rings is 1. The van der Waals surface area contributed by atoms with Crippen LogP contribution in [0.25, 0.3) is 10.2 Å². The van der Waals surface area contributed by atoms with Gasteiger partial charge in [0.15, 0.2) is 4.83 Å². The van der Waals surface area contributed by atoms with Crippen molar-refractivity contribution in [1.82, 2.24) is 15.0 Å². The van der Waals surface area contributed by atoms with Crippen LogP contribution in [-0.2, 0) is 4.79 Å². The van der Waals surface area contributed by atoms with Crippen molar-refractivity contribution in [2.24, 2.45) is 0 Å². The topological polar surface area (TPSA) is 76.9 Å². The van der Waals surface area contributed by atoms with Crippen LogP contribution in [0.3, 0.4) is 0 Å². The normalized spacial score (nSPS) is 12.3. The van der Waals surface area contributed by atoms with Crippen LogP contribution in [0.15, 0.2) is 23.0 Å². The van der Waals surface area contributed by atoms with Gasteiger partial charge in [-0.25, -0.2) is 0 Å². The molecule has 2 aromatic heterocycles. The Kier molecular flexibility index (Phi) is 5.11. The summed E-state index contributed by atoms with van der Waals surface area (Å²) in [6.45, 7) is 7.54. The molecule has 1 N–H and O–H groups in total. The van der Waals surface area contributed by atoms with E-state index in [1.807, 2.05) is 33.8 Å². The Morgan fingerprint density at radius 1 is 1.35 bits per heavy atom. The van der Waals surface area contributed by atoms with E-state index in [1.165, 1.54) is 16.0 Å². The van der Waals surface area contributed by atoms with Crippen LogP contribution in [0.5, 0.6) is 0 Å². The van der Waals surface area contributed by atoms with Gasteiger partial charge in [0.05, 0.1) is 5.39 Å². The number of hydrogen-bond donors (Lipinski definition) is 1. The van der Waals surface area contributed by atoms with Gasteiger partial charge in [-0.15, -0.1) is 16.4 Å². The number of rotatable bonds is 4. The molecular formula is C18H19ClN4O2S. The van der Waals surface area contributed by atoms with Gasteiger partial charge < -0.3 is 5.32 Å². The highest BCUT2D eigenvalue weighted by molar-refractivity contribution is 7.18. The second kappa shape index (κ2) is 7.17. The molecule has 0 aliphatic carbocycles. The number of aromatic nitrogens is 3. The van der Waals surface area contributed by atoms with Crippen LogP contribution in [0.2, 0.25) is 5.02 Å². The summed E-state index contributed by atoms with van der Waals surface area (Å²) in [5.41, 5.74) is 2.10. The summed E-state index contributed by atoms with van der Waals surface area (Å²) >= 11 is 7.45. The Labute approximate surface area is 159 Å². The van der Waals surface area contributed by atoms with Crippen LogP contribution >= 0.6 is 22.9 Å². The van der Waals surface area contributed by atoms with Crippen molar-refractivity contribution in [2.75, 3.05) is 5.32 Å². The van der Waals surface area contributed by atoms with Gasteiger partial charge in [0.1, 0.15) is 6.04 Å². The molecule has 8 heteroatoms.